The molecule has 3 rings (SSSR count). The number of ether oxygens (including phenoxy) is 1. The normalized spacial score (nSPS) is 17.1. The number of anilines is 1. The van der Waals surface area contributed by atoms with E-state index in [9.17, 15) is 4.79 Å². The molecule has 1 aliphatic rings. The van der Waals surface area contributed by atoms with Crippen molar-refractivity contribution >= 4 is 34.9 Å². The second kappa shape index (κ2) is 7.32. The first-order valence-electron chi connectivity index (χ1n) is 7.67. The molecule has 1 heterocycles. The lowest BCUT2D eigenvalue weighted by atomic mass is 10.1. The smallest absolute Gasteiger partial charge is 0.308 e. The van der Waals surface area contributed by atoms with Crippen molar-refractivity contribution < 1.29 is 14.6 Å². The second-order valence-corrected chi connectivity index (χ2v) is 6.63. The Hall–Kier alpha value is -1.91. The molecule has 6 heteroatoms. The summed E-state index contributed by atoms with van der Waals surface area (Å²) in [7, 11) is 0. The van der Waals surface area contributed by atoms with Gasteiger partial charge in [0.25, 0.3) is 0 Å². The number of carboxylic acids is 1. The Bertz CT molecular complexity index is 734. The summed E-state index contributed by atoms with van der Waals surface area (Å²) in [6, 6.07) is 13.0. The van der Waals surface area contributed by atoms with Crippen LogP contribution < -0.4 is 9.64 Å². The number of carbonyl (C=O) groups is 1. The van der Waals surface area contributed by atoms with E-state index in [4.69, 9.17) is 33.0 Å². The van der Waals surface area contributed by atoms with Gasteiger partial charge in [-0.25, -0.2) is 0 Å². The highest BCUT2D eigenvalue weighted by Gasteiger charge is 2.27. The summed E-state index contributed by atoms with van der Waals surface area (Å²) in [5, 5.41) is 10.2. The monoisotopic (exact) mass is 365 g/mol. The van der Waals surface area contributed by atoms with Crippen LogP contribution in [0.2, 0.25) is 10.0 Å². The lowest BCUT2D eigenvalue weighted by Gasteiger charge is -2.18. The first kappa shape index (κ1) is 16.9. The Morgan fingerprint density at radius 2 is 1.96 bits per heavy atom. The van der Waals surface area contributed by atoms with Gasteiger partial charge in [-0.2, -0.15) is 0 Å². The van der Waals surface area contributed by atoms with Gasteiger partial charge in [0.1, 0.15) is 12.4 Å². The third-order valence-corrected chi connectivity index (χ3v) is 4.74. The first-order valence-corrected chi connectivity index (χ1v) is 8.43. The molecule has 1 saturated heterocycles. The first-order chi connectivity index (χ1) is 11.5. The number of nitrogens with zero attached hydrogens (tertiary/aromatic N) is 1. The summed E-state index contributed by atoms with van der Waals surface area (Å²) in [5.74, 6) is -0.274. The van der Waals surface area contributed by atoms with Crippen LogP contribution in [0.1, 0.15) is 12.0 Å². The highest BCUT2D eigenvalue weighted by atomic mass is 35.5. The molecule has 0 aliphatic carbocycles. The minimum Gasteiger partial charge on any atom is -0.489 e. The molecule has 126 valence electrons. The zero-order valence-electron chi connectivity index (χ0n) is 12.9. The second-order valence-electron chi connectivity index (χ2n) is 5.79. The number of benzene rings is 2. The maximum Gasteiger partial charge on any atom is 0.308 e. The van der Waals surface area contributed by atoms with Crippen molar-refractivity contribution in [2.24, 2.45) is 5.92 Å². The van der Waals surface area contributed by atoms with Gasteiger partial charge in [-0.3, -0.25) is 4.79 Å². The van der Waals surface area contributed by atoms with Crippen LogP contribution in [0.3, 0.4) is 0 Å². The van der Waals surface area contributed by atoms with E-state index in [0.29, 0.717) is 29.6 Å². The summed E-state index contributed by atoms with van der Waals surface area (Å²) in [4.78, 5) is 13.1. The molecule has 0 spiro atoms. The van der Waals surface area contributed by atoms with Crippen LogP contribution in [0.15, 0.2) is 42.5 Å². The van der Waals surface area contributed by atoms with Crippen LogP contribution in [0, 0.1) is 5.92 Å². The van der Waals surface area contributed by atoms with Gasteiger partial charge in [0.2, 0.25) is 0 Å². The van der Waals surface area contributed by atoms with Gasteiger partial charge in [-0.05, 0) is 42.8 Å². The van der Waals surface area contributed by atoms with E-state index in [1.807, 2.05) is 30.3 Å². The molecule has 0 aromatic heterocycles. The Morgan fingerprint density at radius 3 is 2.58 bits per heavy atom. The fourth-order valence-electron chi connectivity index (χ4n) is 2.75. The van der Waals surface area contributed by atoms with Crippen molar-refractivity contribution in [2.75, 3.05) is 18.0 Å². The van der Waals surface area contributed by atoms with Crippen molar-refractivity contribution in [3.63, 3.8) is 0 Å². The highest BCUT2D eigenvalue weighted by Crippen LogP contribution is 2.27. The minimum atomic E-state index is -0.725. The summed E-state index contributed by atoms with van der Waals surface area (Å²) in [5.41, 5.74) is 1.88. The van der Waals surface area contributed by atoms with E-state index in [-0.39, 0.29) is 5.92 Å². The average molecular weight is 366 g/mol. The number of hydrogen-bond donors (Lipinski definition) is 1. The van der Waals surface area contributed by atoms with Gasteiger partial charge < -0.3 is 14.7 Å². The average Bonchev–Trinajstić information content (AvgIpc) is 3.05. The fourth-order valence-corrected chi connectivity index (χ4v) is 3.21. The Labute approximate surface area is 150 Å². The van der Waals surface area contributed by atoms with Gasteiger partial charge in [-0.1, -0.05) is 29.3 Å². The molecule has 2 aromatic rings. The third-order valence-electron chi connectivity index (χ3n) is 4.15. The molecular formula is C18H17Cl2NO3. The predicted molar refractivity (Wildman–Crippen MR) is 95.2 cm³/mol. The molecular weight excluding hydrogens is 349 g/mol. The minimum absolute atomic E-state index is 0.284. The molecule has 4 nitrogen and oxygen atoms in total. The third kappa shape index (κ3) is 3.94. The van der Waals surface area contributed by atoms with Crippen LogP contribution in [-0.2, 0) is 11.4 Å². The zero-order chi connectivity index (χ0) is 17.1. The maximum absolute atomic E-state index is 11.0. The molecule has 0 radical (unpaired) electrons. The molecule has 1 atom stereocenters. The molecule has 0 bridgehead atoms. The standard InChI is InChI=1S/C18H17Cl2NO3/c19-14-2-1-13(17(20)9-14)11-24-16-5-3-15(4-6-16)21-8-7-12(10-21)18(22)23/h1-6,9,12H,7-8,10-11H2,(H,22,23). The largest absolute Gasteiger partial charge is 0.489 e. The van der Waals surface area contributed by atoms with Crippen LogP contribution in [0.4, 0.5) is 5.69 Å². The van der Waals surface area contributed by atoms with E-state index >= 15 is 0 Å². The predicted octanol–water partition coefficient (Wildman–Crippen LogP) is 4.48. The van der Waals surface area contributed by atoms with Crippen molar-refractivity contribution in [1.82, 2.24) is 0 Å². The van der Waals surface area contributed by atoms with Crippen molar-refractivity contribution in [1.29, 1.82) is 0 Å². The van der Waals surface area contributed by atoms with Gasteiger partial charge >= 0.3 is 5.97 Å². The van der Waals surface area contributed by atoms with Gasteiger partial charge in [0.05, 0.1) is 5.92 Å². The molecule has 1 fully saturated rings. The molecule has 1 aliphatic heterocycles. The zero-order valence-corrected chi connectivity index (χ0v) is 14.4. The van der Waals surface area contributed by atoms with Crippen molar-refractivity contribution in [3.05, 3.63) is 58.1 Å². The van der Waals surface area contributed by atoms with Crippen LogP contribution >= 0.6 is 23.2 Å². The summed E-state index contributed by atoms with van der Waals surface area (Å²) in [6.45, 7) is 1.67. The Balaban J connectivity index is 1.60. The van der Waals surface area contributed by atoms with E-state index in [1.54, 1.807) is 12.1 Å². The molecule has 0 amide bonds. The maximum atomic E-state index is 11.0. The van der Waals surface area contributed by atoms with E-state index in [0.717, 1.165) is 23.5 Å². The van der Waals surface area contributed by atoms with Gasteiger partial charge in [0, 0.05) is 34.4 Å². The molecule has 24 heavy (non-hydrogen) atoms. The van der Waals surface area contributed by atoms with Gasteiger partial charge in [-0.15, -0.1) is 0 Å². The van der Waals surface area contributed by atoms with Crippen molar-refractivity contribution in [2.45, 2.75) is 13.0 Å². The summed E-state index contributed by atoms with van der Waals surface area (Å²) in [6.07, 6.45) is 0.683. The lowest BCUT2D eigenvalue weighted by Crippen LogP contribution is -2.22. The van der Waals surface area contributed by atoms with Crippen LogP contribution in [0.5, 0.6) is 5.75 Å². The molecule has 1 N–H and O–H groups in total. The van der Waals surface area contributed by atoms with Crippen LogP contribution in [0.25, 0.3) is 0 Å². The summed E-state index contributed by atoms with van der Waals surface area (Å²) >= 11 is 12.0. The molecule has 1 unspecified atom stereocenters. The topological polar surface area (TPSA) is 49.8 Å². The molecule has 0 saturated carbocycles. The lowest BCUT2D eigenvalue weighted by molar-refractivity contribution is -0.140. The van der Waals surface area contributed by atoms with E-state index in [2.05, 4.69) is 4.90 Å². The molecule has 2 aromatic carbocycles. The van der Waals surface area contributed by atoms with Crippen LogP contribution in [-0.4, -0.2) is 24.2 Å². The fraction of sp³-hybridized carbons (Fsp3) is 0.278. The Kier molecular flexibility index (Phi) is 5.17. The van der Waals surface area contributed by atoms with Crippen molar-refractivity contribution in [3.8, 4) is 5.75 Å². The quantitative estimate of drug-likeness (QED) is 0.848. The SMILES string of the molecule is O=C(O)C1CCN(c2ccc(OCc3ccc(Cl)cc3Cl)cc2)C1. The number of aliphatic carboxylic acids is 1. The van der Waals surface area contributed by atoms with Gasteiger partial charge in [0.15, 0.2) is 0 Å². The Morgan fingerprint density at radius 1 is 1.21 bits per heavy atom. The number of rotatable bonds is 5. The number of carboxylic acid groups (broad SMARTS) is 1. The van der Waals surface area contributed by atoms with E-state index < -0.39 is 5.97 Å². The van der Waals surface area contributed by atoms with E-state index in [1.165, 1.54) is 0 Å². The summed E-state index contributed by atoms with van der Waals surface area (Å²) < 4.78 is 5.75. The number of halogens is 2. The highest BCUT2D eigenvalue weighted by molar-refractivity contribution is 6.35. The number of hydrogen-bond acceptors (Lipinski definition) is 3.